The highest BCUT2D eigenvalue weighted by atomic mass is 35.5. The molecule has 0 saturated heterocycles. The summed E-state index contributed by atoms with van der Waals surface area (Å²) in [4.78, 5) is 10.7. The molecule has 1 N–H and O–H groups in total. The Hall–Kier alpha value is -1.42. The van der Waals surface area contributed by atoms with Crippen LogP contribution in [0.5, 0.6) is 0 Å². The molecule has 2 amide bonds. The van der Waals surface area contributed by atoms with E-state index in [1.54, 1.807) is 24.3 Å². The van der Waals surface area contributed by atoms with Crippen LogP contribution in [0.15, 0.2) is 34.5 Å². The number of amides is 2. The summed E-state index contributed by atoms with van der Waals surface area (Å²) in [5, 5.41) is 10.3. The molecule has 13 heavy (non-hydrogen) atoms. The first-order valence-corrected chi connectivity index (χ1v) is 4.10. The molecule has 1 aliphatic rings. The van der Waals surface area contributed by atoms with Crippen LogP contribution in [-0.4, -0.2) is 6.03 Å². The number of rotatable bonds is 1. The van der Waals surface area contributed by atoms with E-state index in [9.17, 15) is 4.79 Å². The standard InChI is InChI=1S/C8H6ClN3O/c9-6-3-1-5(2-4-6)7-10-8(13)12-11-7/h1-4,7H,(H,10,13). The quantitative estimate of drug-likeness (QED) is 0.736. The minimum absolute atomic E-state index is 0.357. The van der Waals surface area contributed by atoms with Gasteiger partial charge in [-0.05, 0) is 17.7 Å². The van der Waals surface area contributed by atoms with E-state index < -0.39 is 6.03 Å². The van der Waals surface area contributed by atoms with Crippen molar-refractivity contribution in [3.63, 3.8) is 0 Å². The number of hydrogen-bond donors (Lipinski definition) is 1. The molecule has 0 aromatic heterocycles. The lowest BCUT2D eigenvalue weighted by molar-refractivity contribution is 0.250. The number of benzene rings is 1. The smallest absolute Gasteiger partial charge is 0.307 e. The van der Waals surface area contributed by atoms with Gasteiger partial charge in [-0.3, -0.25) is 0 Å². The molecule has 4 nitrogen and oxygen atoms in total. The number of nitrogens with one attached hydrogen (secondary N) is 1. The van der Waals surface area contributed by atoms with Crippen molar-refractivity contribution in [1.29, 1.82) is 0 Å². The number of urea groups is 1. The highest BCUT2D eigenvalue weighted by Crippen LogP contribution is 2.20. The fraction of sp³-hybridized carbons (Fsp3) is 0.125. The van der Waals surface area contributed by atoms with Crippen LogP contribution >= 0.6 is 11.6 Å². The Morgan fingerprint density at radius 1 is 1.31 bits per heavy atom. The Kier molecular flexibility index (Phi) is 1.98. The van der Waals surface area contributed by atoms with E-state index in [0.29, 0.717) is 5.02 Å². The number of halogens is 1. The maximum Gasteiger partial charge on any atom is 0.361 e. The van der Waals surface area contributed by atoms with Crippen LogP contribution in [0.4, 0.5) is 4.79 Å². The second-order valence-electron chi connectivity index (χ2n) is 2.62. The Morgan fingerprint density at radius 2 is 2.00 bits per heavy atom. The fourth-order valence-corrected chi connectivity index (χ4v) is 1.21. The predicted octanol–water partition coefficient (Wildman–Crippen LogP) is 2.51. The summed E-state index contributed by atoms with van der Waals surface area (Å²) in [6.07, 6.45) is -0.357. The predicted molar refractivity (Wildman–Crippen MR) is 47.6 cm³/mol. The Balaban J connectivity index is 2.22. The van der Waals surface area contributed by atoms with Crippen molar-refractivity contribution in [2.45, 2.75) is 6.17 Å². The van der Waals surface area contributed by atoms with Gasteiger partial charge in [-0.25, -0.2) is 4.79 Å². The molecule has 1 aromatic rings. The van der Waals surface area contributed by atoms with Crippen molar-refractivity contribution in [3.05, 3.63) is 34.9 Å². The molecule has 5 heteroatoms. The molecular weight excluding hydrogens is 190 g/mol. The zero-order valence-corrected chi connectivity index (χ0v) is 7.32. The average Bonchev–Trinajstić information content (AvgIpc) is 2.53. The van der Waals surface area contributed by atoms with E-state index in [-0.39, 0.29) is 6.17 Å². The first-order valence-electron chi connectivity index (χ1n) is 3.72. The van der Waals surface area contributed by atoms with Crippen LogP contribution in [-0.2, 0) is 0 Å². The van der Waals surface area contributed by atoms with Gasteiger partial charge in [0.25, 0.3) is 0 Å². The molecule has 1 aliphatic heterocycles. The summed E-state index contributed by atoms with van der Waals surface area (Å²) in [5.41, 5.74) is 0.874. The molecule has 1 atom stereocenters. The first kappa shape index (κ1) is 8.19. The van der Waals surface area contributed by atoms with E-state index in [1.165, 1.54) is 0 Å². The highest BCUT2D eigenvalue weighted by molar-refractivity contribution is 6.30. The molecule has 2 rings (SSSR count). The van der Waals surface area contributed by atoms with Crippen LogP contribution < -0.4 is 5.32 Å². The third-order valence-corrected chi connectivity index (χ3v) is 1.96. The van der Waals surface area contributed by atoms with Crippen molar-refractivity contribution < 1.29 is 4.79 Å². The van der Waals surface area contributed by atoms with Gasteiger partial charge in [0, 0.05) is 5.02 Å². The molecule has 0 bridgehead atoms. The first-order chi connectivity index (χ1) is 6.25. The fourth-order valence-electron chi connectivity index (χ4n) is 1.08. The molecule has 1 unspecified atom stereocenters. The van der Waals surface area contributed by atoms with Crippen LogP contribution in [0.2, 0.25) is 5.02 Å². The van der Waals surface area contributed by atoms with Crippen molar-refractivity contribution in [2.75, 3.05) is 0 Å². The van der Waals surface area contributed by atoms with Crippen LogP contribution in [0.25, 0.3) is 0 Å². The number of carbonyl (C=O) groups excluding carboxylic acids is 1. The van der Waals surface area contributed by atoms with Crippen LogP contribution in [0.3, 0.4) is 0 Å². The summed E-state index contributed by atoms with van der Waals surface area (Å²) in [6, 6.07) is 6.70. The molecule has 0 fully saturated rings. The van der Waals surface area contributed by atoms with Crippen molar-refractivity contribution in [3.8, 4) is 0 Å². The third-order valence-electron chi connectivity index (χ3n) is 1.71. The van der Waals surface area contributed by atoms with E-state index in [1.807, 2.05) is 0 Å². The van der Waals surface area contributed by atoms with E-state index in [4.69, 9.17) is 11.6 Å². The van der Waals surface area contributed by atoms with Gasteiger partial charge in [0.2, 0.25) is 0 Å². The lowest BCUT2D eigenvalue weighted by Gasteiger charge is -2.05. The third kappa shape index (κ3) is 1.67. The molecule has 66 valence electrons. The number of azo groups is 1. The van der Waals surface area contributed by atoms with Gasteiger partial charge in [0.1, 0.15) is 0 Å². The zero-order valence-electron chi connectivity index (χ0n) is 6.57. The molecular formula is C8H6ClN3O. The van der Waals surface area contributed by atoms with E-state index in [0.717, 1.165) is 5.56 Å². The molecule has 1 aromatic carbocycles. The summed E-state index contributed by atoms with van der Waals surface area (Å²) in [6.45, 7) is 0. The zero-order chi connectivity index (χ0) is 9.26. The van der Waals surface area contributed by atoms with Gasteiger partial charge < -0.3 is 5.32 Å². The lowest BCUT2D eigenvalue weighted by Crippen LogP contribution is -2.17. The minimum Gasteiger partial charge on any atom is -0.307 e. The van der Waals surface area contributed by atoms with Crippen molar-refractivity contribution in [1.82, 2.24) is 5.32 Å². The molecule has 0 spiro atoms. The second kappa shape index (κ2) is 3.14. The largest absolute Gasteiger partial charge is 0.361 e. The van der Waals surface area contributed by atoms with Gasteiger partial charge in [0.15, 0.2) is 6.17 Å². The lowest BCUT2D eigenvalue weighted by atomic mass is 10.2. The van der Waals surface area contributed by atoms with Gasteiger partial charge in [0.05, 0.1) is 0 Å². The van der Waals surface area contributed by atoms with Crippen LogP contribution in [0, 0.1) is 0 Å². The maximum atomic E-state index is 10.7. The van der Waals surface area contributed by atoms with Gasteiger partial charge in [-0.2, -0.15) is 5.11 Å². The van der Waals surface area contributed by atoms with Crippen LogP contribution in [0.1, 0.15) is 11.7 Å². The summed E-state index contributed by atoms with van der Waals surface area (Å²) < 4.78 is 0. The summed E-state index contributed by atoms with van der Waals surface area (Å²) >= 11 is 5.71. The van der Waals surface area contributed by atoms with E-state index >= 15 is 0 Å². The Bertz CT molecular complexity index is 360. The van der Waals surface area contributed by atoms with Gasteiger partial charge in [-0.1, -0.05) is 28.8 Å². The summed E-state index contributed by atoms with van der Waals surface area (Å²) in [7, 11) is 0. The average molecular weight is 196 g/mol. The monoisotopic (exact) mass is 195 g/mol. The Morgan fingerprint density at radius 3 is 2.54 bits per heavy atom. The molecule has 1 heterocycles. The van der Waals surface area contributed by atoms with Gasteiger partial charge >= 0.3 is 6.03 Å². The Labute approximate surface area is 79.6 Å². The summed E-state index contributed by atoms with van der Waals surface area (Å²) in [5.74, 6) is 0. The highest BCUT2D eigenvalue weighted by Gasteiger charge is 2.18. The van der Waals surface area contributed by atoms with Crippen molar-refractivity contribution in [2.24, 2.45) is 10.2 Å². The van der Waals surface area contributed by atoms with E-state index in [2.05, 4.69) is 15.5 Å². The topological polar surface area (TPSA) is 53.8 Å². The number of carbonyl (C=O) groups is 1. The van der Waals surface area contributed by atoms with Crippen molar-refractivity contribution >= 4 is 17.6 Å². The normalized spacial score (nSPS) is 20.4. The molecule has 0 radical (unpaired) electrons. The number of hydrogen-bond acceptors (Lipinski definition) is 2. The number of nitrogens with zero attached hydrogens (tertiary/aromatic N) is 2. The SMILES string of the molecule is O=C1N=NC(c2ccc(Cl)cc2)N1. The van der Waals surface area contributed by atoms with Gasteiger partial charge in [-0.15, -0.1) is 0 Å². The molecule has 0 aliphatic carbocycles. The second-order valence-corrected chi connectivity index (χ2v) is 3.06. The minimum atomic E-state index is -0.403. The molecule has 0 saturated carbocycles. The maximum absolute atomic E-state index is 10.7.